The summed E-state index contributed by atoms with van der Waals surface area (Å²) in [6.07, 6.45) is 40.5. The van der Waals surface area contributed by atoms with Crippen LogP contribution in [0, 0.1) is 0 Å². The Morgan fingerprint density at radius 1 is 0.444 bits per heavy atom. The van der Waals surface area contributed by atoms with Crippen LogP contribution in [0.15, 0.2) is 0 Å². The molecule has 0 saturated heterocycles. The zero-order valence-corrected chi connectivity index (χ0v) is 36.5. The molecule has 0 aromatic rings. The fraction of sp³-hybridized carbons (Fsp3) is 0.957. The molecule has 0 aromatic carbocycles. The molecule has 54 heavy (non-hydrogen) atoms. The minimum Gasteiger partial charge on any atom is -0.466 e. The first-order valence-corrected chi connectivity index (χ1v) is 23.9. The Labute approximate surface area is 336 Å². The smallest absolute Gasteiger partial charge is 0.466 e. The maximum Gasteiger partial charge on any atom is 0.508 e. The van der Waals surface area contributed by atoms with Gasteiger partial charge in [0, 0.05) is 19.6 Å². The van der Waals surface area contributed by atoms with Crippen LogP contribution in [0.2, 0.25) is 0 Å². The molecule has 322 valence electrons. The second-order valence-electron chi connectivity index (χ2n) is 16.2. The Kier molecular flexibility index (Phi) is 43.3. The van der Waals surface area contributed by atoms with E-state index < -0.39 is 6.16 Å². The predicted octanol–water partition coefficient (Wildman–Crippen LogP) is 14.1. The van der Waals surface area contributed by atoms with Crippen LogP contribution in [-0.2, 0) is 19.0 Å². The number of carbonyl (C=O) groups excluding carboxylic acids is 2. The first kappa shape index (κ1) is 52.7. The van der Waals surface area contributed by atoms with Gasteiger partial charge >= 0.3 is 12.1 Å². The van der Waals surface area contributed by atoms with E-state index in [4.69, 9.17) is 14.2 Å². The van der Waals surface area contributed by atoms with E-state index in [2.05, 4.69) is 25.7 Å². The maximum atomic E-state index is 12.5. The van der Waals surface area contributed by atoms with Crippen LogP contribution in [0.1, 0.15) is 245 Å². The van der Waals surface area contributed by atoms with E-state index in [1.54, 1.807) is 0 Å². The van der Waals surface area contributed by atoms with Crippen LogP contribution < -0.4 is 0 Å². The van der Waals surface area contributed by atoms with Crippen molar-refractivity contribution in [2.24, 2.45) is 0 Å². The number of nitrogens with zero attached hydrogens (tertiary/aromatic N) is 1. The average Bonchev–Trinajstić information content (AvgIpc) is 3.17. The standard InChI is InChI=1S/C47H93NO6/c1-4-7-10-13-15-16-17-22-29-37-45(36-28-12-9-6-3)54-47(51)53-44-34-27-21-19-25-32-40-48(41-35-42-49)39-31-24-18-20-26-33-43-52-46(50)38-30-23-14-11-8-5-2/h45,49H,4-44H2,1-3H3. The molecule has 0 fully saturated rings. The van der Waals surface area contributed by atoms with Gasteiger partial charge in [-0.2, -0.15) is 0 Å². The SMILES string of the molecule is CCCCCCCCCCCC(CCCCCC)OC(=O)OCCCCCCCCN(CCCO)CCCCCCCCOC(=O)CCCCCCCC. The van der Waals surface area contributed by atoms with Crippen LogP contribution in [0.25, 0.3) is 0 Å². The van der Waals surface area contributed by atoms with Gasteiger partial charge in [-0.3, -0.25) is 4.79 Å². The van der Waals surface area contributed by atoms with E-state index in [0.29, 0.717) is 19.6 Å². The first-order chi connectivity index (χ1) is 26.6. The molecule has 0 aliphatic carbocycles. The Morgan fingerprint density at radius 2 is 0.815 bits per heavy atom. The van der Waals surface area contributed by atoms with Gasteiger partial charge in [-0.1, -0.05) is 175 Å². The molecule has 0 heterocycles. The number of hydrogen-bond donors (Lipinski definition) is 1. The summed E-state index contributed by atoms with van der Waals surface area (Å²) in [6, 6.07) is 0. The molecule has 1 atom stereocenters. The van der Waals surface area contributed by atoms with E-state index in [1.165, 1.54) is 148 Å². The highest BCUT2D eigenvalue weighted by Gasteiger charge is 2.15. The molecule has 1 unspecified atom stereocenters. The molecule has 0 rings (SSSR count). The normalized spacial score (nSPS) is 12.0. The van der Waals surface area contributed by atoms with E-state index in [9.17, 15) is 14.7 Å². The minimum atomic E-state index is -0.467. The predicted molar refractivity (Wildman–Crippen MR) is 229 cm³/mol. The molecule has 0 spiro atoms. The molecule has 0 aliphatic heterocycles. The number of esters is 1. The van der Waals surface area contributed by atoms with Crippen molar-refractivity contribution in [3.63, 3.8) is 0 Å². The van der Waals surface area contributed by atoms with E-state index in [-0.39, 0.29) is 18.7 Å². The fourth-order valence-corrected chi connectivity index (χ4v) is 7.30. The van der Waals surface area contributed by atoms with Crippen molar-refractivity contribution >= 4 is 12.1 Å². The van der Waals surface area contributed by atoms with E-state index >= 15 is 0 Å². The summed E-state index contributed by atoms with van der Waals surface area (Å²) in [5.41, 5.74) is 0. The monoisotopic (exact) mass is 768 g/mol. The van der Waals surface area contributed by atoms with Crippen molar-refractivity contribution in [2.75, 3.05) is 39.5 Å². The van der Waals surface area contributed by atoms with Crippen LogP contribution in [0.5, 0.6) is 0 Å². The summed E-state index contributed by atoms with van der Waals surface area (Å²) in [4.78, 5) is 26.9. The third-order valence-electron chi connectivity index (χ3n) is 10.9. The van der Waals surface area contributed by atoms with Gasteiger partial charge in [0.05, 0.1) is 13.2 Å². The number of unbranched alkanes of at least 4 members (excludes halogenated alkanes) is 26. The highest BCUT2D eigenvalue weighted by molar-refractivity contribution is 5.69. The Hall–Kier alpha value is -1.34. The van der Waals surface area contributed by atoms with Gasteiger partial charge in [0.2, 0.25) is 0 Å². The van der Waals surface area contributed by atoms with Crippen molar-refractivity contribution in [2.45, 2.75) is 252 Å². The van der Waals surface area contributed by atoms with Crippen molar-refractivity contribution in [3.8, 4) is 0 Å². The summed E-state index contributed by atoms with van der Waals surface area (Å²) in [7, 11) is 0. The van der Waals surface area contributed by atoms with Crippen LogP contribution in [0.3, 0.4) is 0 Å². The first-order valence-electron chi connectivity index (χ1n) is 23.9. The largest absolute Gasteiger partial charge is 0.508 e. The zero-order valence-electron chi connectivity index (χ0n) is 36.5. The van der Waals surface area contributed by atoms with Gasteiger partial charge in [0.1, 0.15) is 6.10 Å². The topological polar surface area (TPSA) is 85.3 Å². The molecule has 0 radical (unpaired) electrons. The Balaban J connectivity index is 3.92. The second-order valence-corrected chi connectivity index (χ2v) is 16.2. The molecule has 7 nitrogen and oxygen atoms in total. The van der Waals surface area contributed by atoms with Gasteiger partial charge in [-0.25, -0.2) is 4.79 Å². The summed E-state index contributed by atoms with van der Waals surface area (Å²) in [5, 5.41) is 9.37. The molecule has 0 aromatic heterocycles. The summed E-state index contributed by atoms with van der Waals surface area (Å²) in [6.45, 7) is 11.2. The lowest BCUT2D eigenvalue weighted by Gasteiger charge is -2.22. The average molecular weight is 768 g/mol. The highest BCUT2D eigenvalue weighted by atomic mass is 16.7. The van der Waals surface area contributed by atoms with E-state index in [0.717, 1.165) is 90.3 Å². The van der Waals surface area contributed by atoms with Crippen molar-refractivity contribution in [3.05, 3.63) is 0 Å². The van der Waals surface area contributed by atoms with Crippen molar-refractivity contribution < 1.29 is 28.9 Å². The van der Waals surface area contributed by atoms with Gasteiger partial charge in [-0.05, 0) is 77.3 Å². The summed E-state index contributed by atoms with van der Waals surface area (Å²) >= 11 is 0. The molecular weight excluding hydrogens is 675 g/mol. The third-order valence-corrected chi connectivity index (χ3v) is 10.9. The number of hydrogen-bond acceptors (Lipinski definition) is 7. The lowest BCUT2D eigenvalue weighted by molar-refractivity contribution is -0.143. The number of aliphatic hydroxyl groups excluding tert-OH is 1. The molecule has 0 aliphatic rings. The van der Waals surface area contributed by atoms with E-state index in [1.807, 2.05) is 0 Å². The molecule has 7 heteroatoms. The highest BCUT2D eigenvalue weighted by Crippen LogP contribution is 2.18. The lowest BCUT2D eigenvalue weighted by atomic mass is 10.0. The lowest BCUT2D eigenvalue weighted by Crippen LogP contribution is -2.27. The Morgan fingerprint density at radius 3 is 1.30 bits per heavy atom. The van der Waals surface area contributed by atoms with Crippen LogP contribution in [0.4, 0.5) is 4.79 Å². The van der Waals surface area contributed by atoms with Gasteiger partial charge in [-0.15, -0.1) is 0 Å². The molecule has 1 N–H and O–H groups in total. The molecule has 0 saturated carbocycles. The number of rotatable bonds is 44. The van der Waals surface area contributed by atoms with Crippen molar-refractivity contribution in [1.82, 2.24) is 4.90 Å². The maximum absolute atomic E-state index is 12.5. The van der Waals surface area contributed by atoms with Crippen LogP contribution >= 0.6 is 0 Å². The van der Waals surface area contributed by atoms with Gasteiger partial charge in [0.15, 0.2) is 0 Å². The minimum absolute atomic E-state index is 0.00416. The number of carbonyl (C=O) groups is 2. The molecular formula is C47H93NO6. The Bertz CT molecular complexity index is 765. The quantitative estimate of drug-likeness (QED) is 0.0488. The molecule has 0 bridgehead atoms. The zero-order chi connectivity index (χ0) is 39.4. The van der Waals surface area contributed by atoms with Gasteiger partial charge < -0.3 is 24.2 Å². The fourth-order valence-electron chi connectivity index (χ4n) is 7.30. The number of ether oxygens (including phenoxy) is 3. The van der Waals surface area contributed by atoms with Gasteiger partial charge in [0.25, 0.3) is 0 Å². The third kappa shape index (κ3) is 40.3. The number of aliphatic hydroxyl groups is 1. The molecule has 0 amide bonds. The van der Waals surface area contributed by atoms with Crippen LogP contribution in [-0.4, -0.2) is 67.7 Å². The second kappa shape index (κ2) is 44.4. The summed E-state index contributed by atoms with van der Waals surface area (Å²) < 4.78 is 16.7. The van der Waals surface area contributed by atoms with Crippen molar-refractivity contribution in [1.29, 1.82) is 0 Å². The summed E-state index contributed by atoms with van der Waals surface area (Å²) in [5.74, 6) is -0.0204.